The first-order valence-electron chi connectivity index (χ1n) is 9.01. The summed E-state index contributed by atoms with van der Waals surface area (Å²) < 4.78 is 6.83. The maximum absolute atomic E-state index is 13.0. The highest BCUT2D eigenvalue weighted by molar-refractivity contribution is 5.94. The summed E-state index contributed by atoms with van der Waals surface area (Å²) in [6.45, 7) is 0.876. The molecule has 1 N–H and O–H groups in total. The zero-order valence-electron chi connectivity index (χ0n) is 15.4. The summed E-state index contributed by atoms with van der Waals surface area (Å²) in [7, 11) is 1.61. The summed E-state index contributed by atoms with van der Waals surface area (Å²) in [5.41, 5.74) is 0.584. The Morgan fingerprint density at radius 1 is 1.39 bits per heavy atom. The Balaban J connectivity index is 1.57. The largest absolute Gasteiger partial charge is 0.497 e. The number of nitrogens with one attached hydrogen (secondary N) is 1. The number of ether oxygens (including phenoxy) is 1. The Morgan fingerprint density at radius 2 is 2.29 bits per heavy atom. The molecule has 1 aliphatic heterocycles. The molecular formula is C19H20N6O3. The van der Waals surface area contributed by atoms with Gasteiger partial charge in [0.1, 0.15) is 36.3 Å². The molecule has 1 unspecified atom stereocenters. The van der Waals surface area contributed by atoms with Crippen molar-refractivity contribution >= 4 is 5.91 Å². The molecule has 0 radical (unpaired) electrons. The van der Waals surface area contributed by atoms with E-state index in [4.69, 9.17) is 4.74 Å². The Kier molecular flexibility index (Phi) is 4.88. The predicted octanol–water partition coefficient (Wildman–Crippen LogP) is 1.40. The van der Waals surface area contributed by atoms with Gasteiger partial charge in [0, 0.05) is 12.7 Å². The van der Waals surface area contributed by atoms with Gasteiger partial charge in [-0.2, -0.15) is 5.10 Å². The second-order valence-corrected chi connectivity index (χ2v) is 6.60. The topological polar surface area (TPSA) is 106 Å². The van der Waals surface area contributed by atoms with Gasteiger partial charge < -0.3 is 14.6 Å². The van der Waals surface area contributed by atoms with Crippen LogP contribution in [0.2, 0.25) is 0 Å². The maximum atomic E-state index is 13.0. The number of benzene rings is 1. The molecule has 1 saturated heterocycles. The molecule has 4 rings (SSSR count). The van der Waals surface area contributed by atoms with Crippen LogP contribution in [0.1, 0.15) is 40.6 Å². The number of hydrogen-bond acceptors (Lipinski definition) is 6. The molecule has 1 fully saturated rings. The number of carbonyl (C=O) groups is 1. The highest BCUT2D eigenvalue weighted by atomic mass is 16.5. The molecule has 9 heteroatoms. The normalized spacial score (nSPS) is 16.3. The van der Waals surface area contributed by atoms with Crippen LogP contribution in [0.3, 0.4) is 0 Å². The van der Waals surface area contributed by atoms with Crippen LogP contribution in [0.25, 0.3) is 0 Å². The third kappa shape index (κ3) is 3.51. The van der Waals surface area contributed by atoms with E-state index in [1.807, 2.05) is 24.3 Å². The van der Waals surface area contributed by atoms with Gasteiger partial charge in [0.2, 0.25) is 0 Å². The first-order valence-corrected chi connectivity index (χ1v) is 9.01. The van der Waals surface area contributed by atoms with Crippen molar-refractivity contribution in [3.63, 3.8) is 0 Å². The third-order valence-electron chi connectivity index (χ3n) is 4.85. The Hall–Kier alpha value is -3.49. The van der Waals surface area contributed by atoms with Gasteiger partial charge in [-0.25, -0.2) is 14.6 Å². The number of amides is 1. The average molecular weight is 380 g/mol. The van der Waals surface area contributed by atoms with Crippen molar-refractivity contribution in [1.82, 2.24) is 29.6 Å². The fourth-order valence-corrected chi connectivity index (χ4v) is 3.49. The highest BCUT2D eigenvalue weighted by Gasteiger charge is 2.32. The van der Waals surface area contributed by atoms with E-state index in [-0.39, 0.29) is 24.1 Å². The third-order valence-corrected chi connectivity index (χ3v) is 4.85. The summed E-state index contributed by atoms with van der Waals surface area (Å²) in [5, 5.41) is 3.98. The minimum atomic E-state index is -0.452. The van der Waals surface area contributed by atoms with Crippen molar-refractivity contribution in [2.45, 2.75) is 25.4 Å². The number of hydrogen-bond donors (Lipinski definition) is 1. The average Bonchev–Trinajstić information content (AvgIpc) is 3.39. The minimum absolute atomic E-state index is 0.0390. The Bertz CT molecular complexity index is 1030. The molecule has 1 aliphatic rings. The number of nitrogens with zero attached hydrogens (tertiary/aromatic N) is 5. The van der Waals surface area contributed by atoms with E-state index >= 15 is 0 Å². The fraction of sp³-hybridized carbons (Fsp3) is 0.316. The van der Waals surface area contributed by atoms with E-state index in [9.17, 15) is 9.59 Å². The van der Waals surface area contributed by atoms with Crippen LogP contribution >= 0.6 is 0 Å². The fourth-order valence-electron chi connectivity index (χ4n) is 3.49. The number of H-pyrrole nitrogens is 1. The van der Waals surface area contributed by atoms with Crippen LogP contribution in [-0.4, -0.2) is 49.2 Å². The van der Waals surface area contributed by atoms with Crippen LogP contribution in [0, 0.1) is 0 Å². The van der Waals surface area contributed by atoms with Gasteiger partial charge >= 0.3 is 0 Å². The van der Waals surface area contributed by atoms with Gasteiger partial charge in [0.15, 0.2) is 0 Å². The Morgan fingerprint density at radius 3 is 3.04 bits per heavy atom. The molecule has 28 heavy (non-hydrogen) atoms. The molecule has 0 bridgehead atoms. The van der Waals surface area contributed by atoms with E-state index in [1.54, 1.807) is 16.7 Å². The van der Waals surface area contributed by atoms with Crippen molar-refractivity contribution in [2.24, 2.45) is 0 Å². The van der Waals surface area contributed by atoms with Crippen molar-refractivity contribution in [2.75, 3.05) is 13.7 Å². The smallest absolute Gasteiger partial charge is 0.263 e. The molecule has 3 heterocycles. The zero-order chi connectivity index (χ0) is 19.5. The number of likely N-dealkylation sites (tertiary alicyclic amines) is 1. The van der Waals surface area contributed by atoms with Crippen molar-refractivity contribution < 1.29 is 9.53 Å². The van der Waals surface area contributed by atoms with Gasteiger partial charge in [0.05, 0.1) is 13.2 Å². The lowest BCUT2D eigenvalue weighted by molar-refractivity contribution is 0.0733. The van der Waals surface area contributed by atoms with Crippen molar-refractivity contribution in [3.05, 3.63) is 70.4 Å². The van der Waals surface area contributed by atoms with Crippen LogP contribution in [0.4, 0.5) is 0 Å². The van der Waals surface area contributed by atoms with Crippen LogP contribution in [0.15, 0.2) is 47.9 Å². The Labute approximate surface area is 161 Å². The second-order valence-electron chi connectivity index (χ2n) is 6.60. The first kappa shape index (κ1) is 17.9. The summed E-state index contributed by atoms with van der Waals surface area (Å²) >= 11 is 0. The molecule has 0 saturated carbocycles. The van der Waals surface area contributed by atoms with Gasteiger partial charge in [-0.3, -0.25) is 9.59 Å². The second kappa shape index (κ2) is 7.63. The van der Waals surface area contributed by atoms with Gasteiger partial charge in [0.25, 0.3) is 11.5 Å². The molecule has 1 aromatic carbocycles. The molecule has 1 amide bonds. The molecule has 1 atom stereocenters. The summed E-state index contributed by atoms with van der Waals surface area (Å²) in [4.78, 5) is 38.0. The molecule has 0 aliphatic carbocycles. The lowest BCUT2D eigenvalue weighted by atomic mass is 10.0. The molecule has 0 spiro atoms. The van der Waals surface area contributed by atoms with Crippen LogP contribution in [0.5, 0.6) is 5.75 Å². The highest BCUT2D eigenvalue weighted by Crippen LogP contribution is 2.34. The number of aromatic nitrogens is 5. The van der Waals surface area contributed by atoms with Crippen LogP contribution < -0.4 is 10.3 Å². The molecule has 9 nitrogen and oxygen atoms in total. The number of aromatic amines is 1. The summed E-state index contributed by atoms with van der Waals surface area (Å²) in [6.07, 6.45) is 6.00. The predicted molar refractivity (Wildman–Crippen MR) is 100.0 cm³/mol. The molecule has 2 aromatic heterocycles. The molecule has 3 aromatic rings. The molecular weight excluding hydrogens is 360 g/mol. The number of carbonyl (C=O) groups excluding carboxylic acids is 1. The van der Waals surface area contributed by atoms with Crippen molar-refractivity contribution in [1.29, 1.82) is 0 Å². The summed E-state index contributed by atoms with van der Waals surface area (Å²) in [5.74, 6) is 0.845. The van der Waals surface area contributed by atoms with Crippen LogP contribution in [-0.2, 0) is 6.54 Å². The monoisotopic (exact) mass is 380 g/mol. The lowest BCUT2D eigenvalue weighted by Gasteiger charge is -2.25. The summed E-state index contributed by atoms with van der Waals surface area (Å²) in [6, 6.07) is 7.59. The van der Waals surface area contributed by atoms with E-state index in [2.05, 4.69) is 20.1 Å². The van der Waals surface area contributed by atoms with E-state index in [1.165, 1.54) is 18.9 Å². The maximum Gasteiger partial charge on any atom is 0.263 e. The van der Waals surface area contributed by atoms with Crippen molar-refractivity contribution in [3.8, 4) is 5.75 Å². The standard InChI is InChI=1S/C19H20N6O3/c1-28-14-5-2-4-13(8-14)16-6-3-7-25(16)19(27)15-9-21-17(23-18(15)26)10-24-12-20-11-22-24/h2,4-5,8-9,11-12,16H,3,6-7,10H2,1H3,(H,21,23,26). The van der Waals surface area contributed by atoms with E-state index in [0.717, 1.165) is 24.2 Å². The van der Waals surface area contributed by atoms with E-state index in [0.29, 0.717) is 12.4 Å². The van der Waals surface area contributed by atoms with Gasteiger partial charge in [-0.15, -0.1) is 0 Å². The number of methoxy groups -OCH3 is 1. The minimum Gasteiger partial charge on any atom is -0.497 e. The van der Waals surface area contributed by atoms with Gasteiger partial charge in [-0.1, -0.05) is 12.1 Å². The quantitative estimate of drug-likeness (QED) is 0.717. The first-order chi connectivity index (χ1) is 13.7. The number of rotatable bonds is 5. The molecule has 144 valence electrons. The lowest BCUT2D eigenvalue weighted by Crippen LogP contribution is -2.35. The zero-order valence-corrected chi connectivity index (χ0v) is 15.4. The van der Waals surface area contributed by atoms with E-state index < -0.39 is 5.56 Å². The van der Waals surface area contributed by atoms with Gasteiger partial charge in [-0.05, 0) is 30.5 Å². The SMILES string of the molecule is COc1cccc(C2CCCN2C(=O)c2cnc(Cn3cncn3)[nH]c2=O)c1.